The fourth-order valence-corrected chi connectivity index (χ4v) is 2.53. The molecule has 0 radical (unpaired) electrons. The monoisotopic (exact) mass is 360 g/mol. The van der Waals surface area contributed by atoms with Crippen LogP contribution in [0.5, 0.6) is 0 Å². The molecule has 0 atom stereocenters. The van der Waals surface area contributed by atoms with E-state index in [1.54, 1.807) is 24.5 Å². The van der Waals surface area contributed by atoms with Crippen LogP contribution >= 0.6 is 0 Å². The van der Waals surface area contributed by atoms with Crippen molar-refractivity contribution in [2.24, 2.45) is 5.10 Å². The Bertz CT molecular complexity index is 532. The molecule has 1 rings (SSSR count). The van der Waals surface area contributed by atoms with Gasteiger partial charge >= 0.3 is 0 Å². The summed E-state index contributed by atoms with van der Waals surface area (Å²) in [6, 6.07) is 3.56. The molecule has 1 heterocycles. The third kappa shape index (κ3) is 12.2. The molecule has 0 aliphatic rings. The van der Waals surface area contributed by atoms with Crippen LogP contribution in [-0.4, -0.2) is 29.6 Å². The first-order valence-electron chi connectivity index (χ1n) is 9.71. The molecular formula is C20H32N4O2. The molecule has 144 valence electrons. The van der Waals surface area contributed by atoms with Crippen molar-refractivity contribution in [3.05, 3.63) is 30.1 Å². The van der Waals surface area contributed by atoms with Gasteiger partial charge in [-0.15, -0.1) is 0 Å². The Kier molecular flexibility index (Phi) is 12.6. The standard InChI is InChI=1S/C20H32N4O2/c1-2-3-4-5-6-7-8-9-10-11-19(25)22-17-20(26)24-23-16-18-12-14-21-15-13-18/h12-16H,2-11,17H2,1H3,(H,22,25)(H,24,26)/b23-16+. The first-order chi connectivity index (χ1) is 12.7. The van der Waals surface area contributed by atoms with Crippen molar-refractivity contribution < 1.29 is 9.59 Å². The third-order valence-electron chi connectivity index (χ3n) is 4.06. The first-order valence-corrected chi connectivity index (χ1v) is 9.71. The number of amides is 2. The highest BCUT2D eigenvalue weighted by Crippen LogP contribution is 2.10. The quantitative estimate of drug-likeness (QED) is 0.302. The van der Waals surface area contributed by atoms with Crippen LogP contribution in [0.2, 0.25) is 0 Å². The maximum Gasteiger partial charge on any atom is 0.259 e. The zero-order chi connectivity index (χ0) is 18.9. The summed E-state index contributed by atoms with van der Waals surface area (Å²) in [5.41, 5.74) is 3.23. The lowest BCUT2D eigenvalue weighted by Crippen LogP contribution is -2.34. The molecule has 1 aromatic rings. The second-order valence-corrected chi connectivity index (χ2v) is 6.43. The van der Waals surface area contributed by atoms with Crippen LogP contribution in [0.15, 0.2) is 29.6 Å². The van der Waals surface area contributed by atoms with Gasteiger partial charge in [-0.05, 0) is 24.1 Å². The molecule has 1 aromatic heterocycles. The summed E-state index contributed by atoms with van der Waals surface area (Å²) in [6.07, 6.45) is 16.3. The molecule has 0 aromatic carbocycles. The van der Waals surface area contributed by atoms with Crippen molar-refractivity contribution in [2.45, 2.75) is 71.1 Å². The minimum absolute atomic E-state index is 0.0516. The highest BCUT2D eigenvalue weighted by atomic mass is 16.2. The molecule has 0 spiro atoms. The van der Waals surface area contributed by atoms with E-state index in [2.05, 4.69) is 27.8 Å². The molecule has 26 heavy (non-hydrogen) atoms. The van der Waals surface area contributed by atoms with Gasteiger partial charge in [0.1, 0.15) is 0 Å². The van der Waals surface area contributed by atoms with E-state index in [-0.39, 0.29) is 18.4 Å². The second kappa shape index (κ2) is 15.0. The summed E-state index contributed by atoms with van der Waals surface area (Å²) in [4.78, 5) is 27.2. The van der Waals surface area contributed by atoms with E-state index in [1.165, 1.54) is 51.2 Å². The van der Waals surface area contributed by atoms with Gasteiger partial charge in [0.05, 0.1) is 12.8 Å². The smallest absolute Gasteiger partial charge is 0.259 e. The van der Waals surface area contributed by atoms with E-state index in [9.17, 15) is 9.59 Å². The Morgan fingerprint density at radius 3 is 2.23 bits per heavy atom. The molecular weight excluding hydrogens is 328 g/mol. The highest BCUT2D eigenvalue weighted by molar-refractivity contribution is 5.86. The fraction of sp³-hybridized carbons (Fsp3) is 0.600. The summed E-state index contributed by atoms with van der Waals surface area (Å²) < 4.78 is 0. The average molecular weight is 361 g/mol. The largest absolute Gasteiger partial charge is 0.347 e. The minimum atomic E-state index is -0.337. The Morgan fingerprint density at radius 1 is 0.962 bits per heavy atom. The highest BCUT2D eigenvalue weighted by Gasteiger charge is 2.04. The van der Waals surface area contributed by atoms with E-state index in [0.717, 1.165) is 18.4 Å². The van der Waals surface area contributed by atoms with Gasteiger partial charge in [0, 0.05) is 18.8 Å². The van der Waals surface area contributed by atoms with Crippen LogP contribution in [0, 0.1) is 0 Å². The van der Waals surface area contributed by atoms with Crippen LogP contribution < -0.4 is 10.7 Å². The number of carbonyl (C=O) groups is 2. The number of hydrogen-bond acceptors (Lipinski definition) is 4. The molecule has 2 amide bonds. The molecule has 0 aliphatic heterocycles. The zero-order valence-electron chi connectivity index (χ0n) is 15.9. The van der Waals surface area contributed by atoms with Crippen LogP contribution in [0.1, 0.15) is 76.7 Å². The molecule has 0 unspecified atom stereocenters. The van der Waals surface area contributed by atoms with Crippen LogP contribution in [0.4, 0.5) is 0 Å². The lowest BCUT2D eigenvalue weighted by atomic mass is 10.1. The number of nitrogens with zero attached hydrogens (tertiary/aromatic N) is 2. The van der Waals surface area contributed by atoms with Gasteiger partial charge < -0.3 is 5.32 Å². The van der Waals surface area contributed by atoms with E-state index in [4.69, 9.17) is 0 Å². The number of rotatable bonds is 14. The molecule has 6 nitrogen and oxygen atoms in total. The maximum absolute atomic E-state index is 11.7. The molecule has 0 fully saturated rings. The second-order valence-electron chi connectivity index (χ2n) is 6.43. The lowest BCUT2D eigenvalue weighted by molar-refractivity contribution is -0.126. The van der Waals surface area contributed by atoms with E-state index >= 15 is 0 Å². The predicted molar refractivity (Wildman–Crippen MR) is 105 cm³/mol. The molecule has 0 bridgehead atoms. The van der Waals surface area contributed by atoms with Crippen LogP contribution in [0.25, 0.3) is 0 Å². The fourth-order valence-electron chi connectivity index (χ4n) is 2.53. The average Bonchev–Trinajstić information content (AvgIpc) is 2.66. The van der Waals surface area contributed by atoms with Crippen molar-refractivity contribution in [1.29, 1.82) is 0 Å². The van der Waals surface area contributed by atoms with Gasteiger partial charge in [0.15, 0.2) is 0 Å². The normalized spacial score (nSPS) is 10.8. The van der Waals surface area contributed by atoms with Gasteiger partial charge in [-0.3, -0.25) is 14.6 Å². The van der Waals surface area contributed by atoms with Crippen molar-refractivity contribution in [2.75, 3.05) is 6.54 Å². The summed E-state index contributed by atoms with van der Waals surface area (Å²) >= 11 is 0. The van der Waals surface area contributed by atoms with E-state index < -0.39 is 0 Å². The van der Waals surface area contributed by atoms with Crippen LogP contribution in [-0.2, 0) is 9.59 Å². The van der Waals surface area contributed by atoms with Crippen molar-refractivity contribution >= 4 is 18.0 Å². The number of aromatic nitrogens is 1. The summed E-state index contributed by atoms with van der Waals surface area (Å²) in [6.45, 7) is 2.18. The van der Waals surface area contributed by atoms with Gasteiger partial charge in [-0.25, -0.2) is 5.43 Å². The summed E-state index contributed by atoms with van der Waals surface area (Å²) in [7, 11) is 0. The van der Waals surface area contributed by atoms with Crippen LogP contribution in [0.3, 0.4) is 0 Å². The van der Waals surface area contributed by atoms with Crippen molar-refractivity contribution in [1.82, 2.24) is 15.7 Å². The topological polar surface area (TPSA) is 83.5 Å². The number of pyridine rings is 1. The number of carbonyl (C=O) groups excluding carboxylic acids is 2. The van der Waals surface area contributed by atoms with Gasteiger partial charge in [-0.1, -0.05) is 58.3 Å². The molecule has 0 aliphatic carbocycles. The number of hydrazone groups is 1. The van der Waals surface area contributed by atoms with Crippen molar-refractivity contribution in [3.63, 3.8) is 0 Å². The third-order valence-corrected chi connectivity index (χ3v) is 4.06. The van der Waals surface area contributed by atoms with Gasteiger partial charge in [0.25, 0.3) is 5.91 Å². The summed E-state index contributed by atoms with van der Waals surface area (Å²) in [5.74, 6) is -0.419. The maximum atomic E-state index is 11.7. The molecule has 2 N–H and O–H groups in total. The van der Waals surface area contributed by atoms with Gasteiger partial charge in [0.2, 0.25) is 5.91 Å². The zero-order valence-corrected chi connectivity index (χ0v) is 15.9. The molecule has 0 saturated carbocycles. The number of unbranched alkanes of at least 4 members (excludes halogenated alkanes) is 8. The first kappa shape index (κ1) is 21.8. The SMILES string of the molecule is CCCCCCCCCCCC(=O)NCC(=O)N/N=C/c1ccncc1. The van der Waals surface area contributed by atoms with E-state index in [1.807, 2.05) is 0 Å². The Balaban J connectivity index is 1.97. The molecule has 6 heteroatoms. The number of nitrogens with one attached hydrogen (secondary N) is 2. The predicted octanol–water partition coefficient (Wildman–Crippen LogP) is 3.57. The van der Waals surface area contributed by atoms with E-state index in [0.29, 0.717) is 6.42 Å². The minimum Gasteiger partial charge on any atom is -0.347 e. The Hall–Kier alpha value is -2.24. The summed E-state index contributed by atoms with van der Waals surface area (Å²) in [5, 5.41) is 6.46. The lowest BCUT2D eigenvalue weighted by Gasteiger charge is -2.04. The Morgan fingerprint density at radius 2 is 1.58 bits per heavy atom. The Labute approximate surface area is 156 Å². The molecule has 0 saturated heterocycles. The van der Waals surface area contributed by atoms with Crippen molar-refractivity contribution in [3.8, 4) is 0 Å². The van der Waals surface area contributed by atoms with Gasteiger partial charge in [-0.2, -0.15) is 5.10 Å². The number of hydrogen-bond donors (Lipinski definition) is 2.